The van der Waals surface area contributed by atoms with Crippen molar-refractivity contribution in [3.8, 4) is 11.1 Å². The number of halogens is 3. The van der Waals surface area contributed by atoms with E-state index in [1.54, 1.807) is 18.3 Å². The van der Waals surface area contributed by atoms with Crippen LogP contribution in [0.5, 0.6) is 0 Å². The van der Waals surface area contributed by atoms with E-state index < -0.39 is 11.7 Å². The molecule has 3 aromatic rings. The Morgan fingerprint density at radius 3 is 2.65 bits per heavy atom. The summed E-state index contributed by atoms with van der Waals surface area (Å²) in [6.07, 6.45) is -2.79. The van der Waals surface area contributed by atoms with Crippen molar-refractivity contribution >= 4 is 11.0 Å². The Balaban J connectivity index is 2.11. The lowest BCUT2D eigenvalue weighted by atomic mass is 10.0. The van der Waals surface area contributed by atoms with Gasteiger partial charge in [0.15, 0.2) is 0 Å². The molecule has 1 aromatic carbocycles. The first-order valence-electron chi connectivity index (χ1n) is 5.93. The highest BCUT2D eigenvalue weighted by Crippen LogP contribution is 2.32. The van der Waals surface area contributed by atoms with E-state index in [0.717, 1.165) is 23.3 Å². The van der Waals surface area contributed by atoms with Gasteiger partial charge < -0.3 is 0 Å². The zero-order valence-electron chi connectivity index (χ0n) is 10.5. The van der Waals surface area contributed by atoms with Gasteiger partial charge in [-0.05, 0) is 30.7 Å². The fraction of sp³-hybridized carbons (Fsp3) is 0.143. The summed E-state index contributed by atoms with van der Waals surface area (Å²) in [4.78, 5) is 4.23. The van der Waals surface area contributed by atoms with Crippen molar-refractivity contribution in [2.24, 2.45) is 0 Å². The first-order valence-corrected chi connectivity index (χ1v) is 5.93. The molecule has 0 saturated carbocycles. The van der Waals surface area contributed by atoms with E-state index in [1.807, 2.05) is 6.92 Å². The van der Waals surface area contributed by atoms with Crippen molar-refractivity contribution in [1.29, 1.82) is 0 Å². The summed E-state index contributed by atoms with van der Waals surface area (Å²) in [6.45, 7) is 1.82. The Bertz CT molecular complexity index is 775. The summed E-state index contributed by atoms with van der Waals surface area (Å²) >= 11 is 0. The van der Waals surface area contributed by atoms with Gasteiger partial charge in [0.05, 0.1) is 16.8 Å². The molecular weight excluding hydrogens is 267 g/mol. The fourth-order valence-electron chi connectivity index (χ4n) is 2.07. The van der Waals surface area contributed by atoms with Gasteiger partial charge in [-0.1, -0.05) is 12.1 Å². The molecule has 0 amide bonds. The minimum absolute atomic E-state index is 0.474. The van der Waals surface area contributed by atoms with Crippen LogP contribution in [-0.4, -0.2) is 15.2 Å². The van der Waals surface area contributed by atoms with Crippen LogP contribution >= 0.6 is 0 Å². The van der Waals surface area contributed by atoms with E-state index in [2.05, 4.69) is 15.2 Å². The Morgan fingerprint density at radius 1 is 1.10 bits per heavy atom. The molecule has 0 aliphatic rings. The molecule has 0 saturated heterocycles. The summed E-state index contributed by atoms with van der Waals surface area (Å²) in [5, 5.41) is 6.83. The van der Waals surface area contributed by atoms with Crippen LogP contribution in [0.2, 0.25) is 0 Å². The van der Waals surface area contributed by atoms with Crippen molar-refractivity contribution in [2.45, 2.75) is 13.1 Å². The van der Waals surface area contributed by atoms with Gasteiger partial charge >= 0.3 is 6.18 Å². The molecule has 3 rings (SSSR count). The van der Waals surface area contributed by atoms with Crippen LogP contribution < -0.4 is 0 Å². The highest BCUT2D eigenvalue weighted by molar-refractivity contribution is 5.81. The first kappa shape index (κ1) is 12.7. The maximum Gasteiger partial charge on any atom is 0.416 e. The second kappa shape index (κ2) is 4.33. The molecule has 1 N–H and O–H groups in total. The van der Waals surface area contributed by atoms with Crippen LogP contribution in [0.25, 0.3) is 22.2 Å². The molecule has 0 spiro atoms. The Labute approximate surface area is 112 Å². The highest BCUT2D eigenvalue weighted by Gasteiger charge is 2.30. The number of H-pyrrole nitrogens is 1. The lowest BCUT2D eigenvalue weighted by Crippen LogP contribution is -2.04. The SMILES string of the molecule is Cc1n[nH]c2cc(-c3cccc(C(F)(F)F)c3)cnc12. The maximum absolute atomic E-state index is 12.7. The molecule has 20 heavy (non-hydrogen) atoms. The van der Waals surface area contributed by atoms with Crippen molar-refractivity contribution in [3.05, 3.63) is 47.8 Å². The number of aryl methyl sites for hydroxylation is 1. The second-order valence-electron chi connectivity index (χ2n) is 4.51. The van der Waals surface area contributed by atoms with Crippen LogP contribution in [0.1, 0.15) is 11.3 Å². The average molecular weight is 277 g/mol. The maximum atomic E-state index is 12.7. The number of alkyl halides is 3. The molecule has 2 aromatic heterocycles. The molecule has 0 fully saturated rings. The predicted octanol–water partition coefficient (Wildman–Crippen LogP) is 3.95. The topological polar surface area (TPSA) is 41.6 Å². The molecule has 0 unspecified atom stereocenters. The summed E-state index contributed by atoms with van der Waals surface area (Å²) in [6, 6.07) is 6.93. The van der Waals surface area contributed by atoms with Crippen LogP contribution in [0.3, 0.4) is 0 Å². The van der Waals surface area contributed by atoms with Gasteiger partial charge in [-0.15, -0.1) is 0 Å². The third kappa shape index (κ3) is 2.13. The van der Waals surface area contributed by atoms with Gasteiger partial charge in [-0.25, -0.2) is 0 Å². The molecule has 0 atom stereocenters. The molecule has 0 bridgehead atoms. The summed E-state index contributed by atoms with van der Waals surface area (Å²) in [7, 11) is 0. The van der Waals surface area contributed by atoms with E-state index in [9.17, 15) is 13.2 Å². The number of benzene rings is 1. The molecule has 102 valence electrons. The Morgan fingerprint density at radius 2 is 1.90 bits per heavy atom. The number of rotatable bonds is 1. The van der Waals surface area contributed by atoms with Gasteiger partial charge in [0.25, 0.3) is 0 Å². The molecule has 6 heteroatoms. The zero-order valence-corrected chi connectivity index (χ0v) is 10.5. The van der Waals surface area contributed by atoms with E-state index in [4.69, 9.17) is 0 Å². The fourth-order valence-corrected chi connectivity index (χ4v) is 2.07. The molecule has 3 nitrogen and oxygen atoms in total. The molecule has 0 aliphatic carbocycles. The van der Waals surface area contributed by atoms with E-state index in [0.29, 0.717) is 16.6 Å². The van der Waals surface area contributed by atoms with Gasteiger partial charge in [0.1, 0.15) is 5.52 Å². The number of pyridine rings is 1. The summed E-state index contributed by atoms with van der Waals surface area (Å²) < 4.78 is 38.1. The third-order valence-electron chi connectivity index (χ3n) is 3.10. The molecule has 0 aliphatic heterocycles. The number of aromatic amines is 1. The van der Waals surface area contributed by atoms with E-state index >= 15 is 0 Å². The molecular formula is C14H10F3N3. The lowest BCUT2D eigenvalue weighted by Gasteiger charge is -2.08. The van der Waals surface area contributed by atoms with Gasteiger partial charge in [0, 0.05) is 11.8 Å². The smallest absolute Gasteiger partial charge is 0.276 e. The van der Waals surface area contributed by atoms with Crippen molar-refractivity contribution in [3.63, 3.8) is 0 Å². The Hall–Kier alpha value is -2.37. The van der Waals surface area contributed by atoms with Gasteiger partial charge in [-0.3, -0.25) is 10.1 Å². The van der Waals surface area contributed by atoms with E-state index in [1.165, 1.54) is 6.07 Å². The molecule has 0 radical (unpaired) electrons. The van der Waals surface area contributed by atoms with Crippen molar-refractivity contribution in [1.82, 2.24) is 15.2 Å². The van der Waals surface area contributed by atoms with Gasteiger partial charge in [-0.2, -0.15) is 18.3 Å². The second-order valence-corrected chi connectivity index (χ2v) is 4.51. The van der Waals surface area contributed by atoms with Crippen LogP contribution in [0.4, 0.5) is 13.2 Å². The number of aromatic nitrogens is 3. The monoisotopic (exact) mass is 277 g/mol. The minimum atomic E-state index is -4.35. The van der Waals surface area contributed by atoms with E-state index in [-0.39, 0.29) is 0 Å². The first-order chi connectivity index (χ1) is 9.45. The van der Waals surface area contributed by atoms with Crippen LogP contribution in [0.15, 0.2) is 36.5 Å². The van der Waals surface area contributed by atoms with Crippen molar-refractivity contribution < 1.29 is 13.2 Å². The summed E-state index contributed by atoms with van der Waals surface area (Å²) in [5.41, 5.74) is 2.61. The minimum Gasteiger partial charge on any atom is -0.276 e. The van der Waals surface area contributed by atoms with Crippen molar-refractivity contribution in [2.75, 3.05) is 0 Å². The zero-order chi connectivity index (χ0) is 14.3. The number of nitrogens with one attached hydrogen (secondary N) is 1. The number of fused-ring (bicyclic) bond motifs is 1. The average Bonchev–Trinajstić information content (AvgIpc) is 2.79. The van der Waals surface area contributed by atoms with Crippen LogP contribution in [-0.2, 0) is 6.18 Å². The molecule has 2 heterocycles. The van der Waals surface area contributed by atoms with Gasteiger partial charge in [0.2, 0.25) is 0 Å². The third-order valence-corrected chi connectivity index (χ3v) is 3.10. The largest absolute Gasteiger partial charge is 0.416 e. The normalized spacial score (nSPS) is 12.0. The number of nitrogens with zero attached hydrogens (tertiary/aromatic N) is 2. The Kier molecular flexibility index (Phi) is 2.74. The highest BCUT2D eigenvalue weighted by atomic mass is 19.4. The van der Waals surface area contributed by atoms with Crippen LogP contribution in [0, 0.1) is 6.92 Å². The quantitative estimate of drug-likeness (QED) is 0.731. The number of hydrogen-bond acceptors (Lipinski definition) is 2. The number of hydrogen-bond donors (Lipinski definition) is 1. The predicted molar refractivity (Wildman–Crippen MR) is 69.1 cm³/mol. The standard InChI is InChI=1S/C14H10F3N3/c1-8-13-12(20-19-8)6-10(7-18-13)9-3-2-4-11(5-9)14(15,16)17/h2-7H,1H3,(H,19,20). The summed E-state index contributed by atoms with van der Waals surface area (Å²) in [5.74, 6) is 0. The lowest BCUT2D eigenvalue weighted by molar-refractivity contribution is -0.137.